The molecule has 0 bridgehead atoms. The Morgan fingerprint density at radius 1 is 1.15 bits per heavy atom. The van der Waals surface area contributed by atoms with Crippen molar-refractivity contribution >= 4 is 11.8 Å². The first kappa shape index (κ1) is 14.7. The second kappa shape index (κ2) is 7.19. The van der Waals surface area contributed by atoms with Crippen molar-refractivity contribution in [3.63, 3.8) is 0 Å². The van der Waals surface area contributed by atoms with Crippen molar-refractivity contribution in [3.05, 3.63) is 18.2 Å². The van der Waals surface area contributed by atoms with Crippen LogP contribution >= 0.6 is 11.8 Å². The van der Waals surface area contributed by atoms with Crippen LogP contribution in [0.15, 0.2) is 27.8 Å². The fourth-order valence-electron chi connectivity index (χ4n) is 1.66. The quantitative estimate of drug-likeness (QED) is 0.574. The zero-order valence-electron chi connectivity index (χ0n) is 11.9. The standard InChI is InChI=1S/C14H18N2O3S/c1-4-5-8-20-14-16-15-13(19-14)10-6-7-11(17-2)12(9-10)18-3/h6-7,9H,4-5,8H2,1-3H3. The van der Waals surface area contributed by atoms with Crippen molar-refractivity contribution in [2.75, 3.05) is 20.0 Å². The monoisotopic (exact) mass is 294 g/mol. The summed E-state index contributed by atoms with van der Waals surface area (Å²) in [6, 6.07) is 5.52. The molecule has 0 N–H and O–H groups in total. The van der Waals surface area contributed by atoms with Gasteiger partial charge in [0, 0.05) is 11.3 Å². The number of rotatable bonds is 7. The highest BCUT2D eigenvalue weighted by Gasteiger charge is 2.12. The van der Waals surface area contributed by atoms with Crippen LogP contribution in [0.4, 0.5) is 0 Å². The summed E-state index contributed by atoms with van der Waals surface area (Å²) in [7, 11) is 3.20. The Bertz CT molecular complexity index is 557. The van der Waals surface area contributed by atoms with Crippen LogP contribution in [0, 0.1) is 0 Å². The van der Waals surface area contributed by atoms with Gasteiger partial charge in [0.15, 0.2) is 11.5 Å². The summed E-state index contributed by atoms with van der Waals surface area (Å²) < 4.78 is 16.1. The van der Waals surface area contributed by atoms with Gasteiger partial charge in [-0.15, -0.1) is 10.2 Å². The highest BCUT2D eigenvalue weighted by atomic mass is 32.2. The highest BCUT2D eigenvalue weighted by Crippen LogP contribution is 2.32. The average Bonchev–Trinajstić information content (AvgIpc) is 2.95. The van der Waals surface area contributed by atoms with E-state index in [0.29, 0.717) is 22.6 Å². The molecule has 20 heavy (non-hydrogen) atoms. The molecule has 2 rings (SSSR count). The van der Waals surface area contributed by atoms with Crippen LogP contribution in [-0.4, -0.2) is 30.2 Å². The van der Waals surface area contributed by atoms with Crippen molar-refractivity contribution in [1.82, 2.24) is 10.2 Å². The number of hydrogen-bond acceptors (Lipinski definition) is 6. The van der Waals surface area contributed by atoms with Crippen LogP contribution in [0.2, 0.25) is 0 Å². The van der Waals surface area contributed by atoms with E-state index in [1.807, 2.05) is 18.2 Å². The van der Waals surface area contributed by atoms with E-state index < -0.39 is 0 Å². The summed E-state index contributed by atoms with van der Waals surface area (Å²) in [4.78, 5) is 0. The Hall–Kier alpha value is -1.69. The number of aromatic nitrogens is 2. The van der Waals surface area contributed by atoms with Gasteiger partial charge in [-0.1, -0.05) is 25.1 Å². The molecule has 0 spiro atoms. The van der Waals surface area contributed by atoms with Gasteiger partial charge in [-0.3, -0.25) is 0 Å². The minimum Gasteiger partial charge on any atom is -0.493 e. The van der Waals surface area contributed by atoms with E-state index in [9.17, 15) is 0 Å². The van der Waals surface area contributed by atoms with Crippen molar-refractivity contribution in [1.29, 1.82) is 0 Å². The number of hydrogen-bond donors (Lipinski definition) is 0. The molecule has 0 fully saturated rings. The minimum atomic E-state index is 0.491. The molecule has 0 amide bonds. The van der Waals surface area contributed by atoms with E-state index in [4.69, 9.17) is 13.9 Å². The molecular weight excluding hydrogens is 276 g/mol. The lowest BCUT2D eigenvalue weighted by Gasteiger charge is -2.07. The number of ether oxygens (including phenoxy) is 2. The van der Waals surface area contributed by atoms with Crippen molar-refractivity contribution in [2.45, 2.75) is 25.0 Å². The van der Waals surface area contributed by atoms with Crippen LogP contribution in [0.5, 0.6) is 11.5 Å². The predicted octanol–water partition coefficient (Wildman–Crippen LogP) is 3.65. The maximum absolute atomic E-state index is 5.63. The van der Waals surface area contributed by atoms with Crippen LogP contribution < -0.4 is 9.47 Å². The first-order valence-electron chi connectivity index (χ1n) is 6.47. The first-order valence-corrected chi connectivity index (χ1v) is 7.45. The normalized spacial score (nSPS) is 10.6. The molecule has 0 radical (unpaired) electrons. The molecule has 6 heteroatoms. The van der Waals surface area contributed by atoms with Crippen LogP contribution in [0.1, 0.15) is 19.8 Å². The molecule has 0 saturated carbocycles. The van der Waals surface area contributed by atoms with Crippen molar-refractivity contribution < 1.29 is 13.9 Å². The molecule has 0 saturated heterocycles. The summed E-state index contributed by atoms with van der Waals surface area (Å²) in [5, 5.41) is 8.70. The van der Waals surface area contributed by atoms with Gasteiger partial charge in [0.25, 0.3) is 5.22 Å². The van der Waals surface area contributed by atoms with Crippen LogP contribution in [0.25, 0.3) is 11.5 Å². The summed E-state index contributed by atoms with van der Waals surface area (Å²) in [5.41, 5.74) is 0.817. The molecular formula is C14H18N2O3S. The molecule has 0 aliphatic carbocycles. The van der Waals surface area contributed by atoms with Crippen LogP contribution in [0.3, 0.4) is 0 Å². The molecule has 0 atom stereocenters. The third-order valence-corrected chi connectivity index (χ3v) is 3.67. The lowest BCUT2D eigenvalue weighted by molar-refractivity contribution is 0.355. The van der Waals surface area contributed by atoms with E-state index >= 15 is 0 Å². The van der Waals surface area contributed by atoms with E-state index in [1.54, 1.807) is 26.0 Å². The summed E-state index contributed by atoms with van der Waals surface area (Å²) >= 11 is 1.58. The number of nitrogens with zero attached hydrogens (tertiary/aromatic N) is 2. The summed E-state index contributed by atoms with van der Waals surface area (Å²) in [6.45, 7) is 2.16. The van der Waals surface area contributed by atoms with Gasteiger partial charge in [0.05, 0.1) is 14.2 Å². The smallest absolute Gasteiger partial charge is 0.276 e. The minimum absolute atomic E-state index is 0.491. The van der Waals surface area contributed by atoms with E-state index in [2.05, 4.69) is 17.1 Å². The Labute approximate surface area is 122 Å². The number of thioether (sulfide) groups is 1. The van der Waals surface area contributed by atoms with Gasteiger partial charge in [0.2, 0.25) is 5.89 Å². The van der Waals surface area contributed by atoms with Gasteiger partial charge >= 0.3 is 0 Å². The molecule has 0 aliphatic heterocycles. The Morgan fingerprint density at radius 2 is 1.95 bits per heavy atom. The predicted molar refractivity (Wildman–Crippen MR) is 78.5 cm³/mol. The zero-order chi connectivity index (χ0) is 14.4. The van der Waals surface area contributed by atoms with Gasteiger partial charge < -0.3 is 13.9 Å². The second-order valence-corrected chi connectivity index (χ2v) is 5.19. The largest absolute Gasteiger partial charge is 0.493 e. The highest BCUT2D eigenvalue weighted by molar-refractivity contribution is 7.99. The number of benzene rings is 1. The maximum atomic E-state index is 5.63. The SMILES string of the molecule is CCCCSc1nnc(-c2ccc(OC)c(OC)c2)o1. The Kier molecular flexibility index (Phi) is 5.29. The van der Waals surface area contributed by atoms with Gasteiger partial charge in [-0.2, -0.15) is 0 Å². The molecule has 1 aromatic carbocycles. The number of unbranched alkanes of at least 4 members (excludes halogenated alkanes) is 1. The van der Waals surface area contributed by atoms with E-state index in [0.717, 1.165) is 24.2 Å². The summed E-state index contributed by atoms with van der Waals surface area (Å²) in [6.07, 6.45) is 2.29. The fourth-order valence-corrected chi connectivity index (χ4v) is 2.50. The zero-order valence-corrected chi connectivity index (χ0v) is 12.7. The van der Waals surface area contributed by atoms with Gasteiger partial charge in [-0.05, 0) is 24.6 Å². The summed E-state index contributed by atoms with van der Waals surface area (Å²) in [5.74, 6) is 2.80. The first-order chi connectivity index (χ1) is 9.78. The number of methoxy groups -OCH3 is 2. The third kappa shape index (κ3) is 3.45. The van der Waals surface area contributed by atoms with Crippen molar-refractivity contribution in [3.8, 4) is 23.0 Å². The molecule has 108 valence electrons. The van der Waals surface area contributed by atoms with E-state index in [-0.39, 0.29) is 0 Å². The molecule has 2 aromatic rings. The molecule has 0 aliphatic rings. The fraction of sp³-hybridized carbons (Fsp3) is 0.429. The average molecular weight is 294 g/mol. The molecule has 0 unspecified atom stereocenters. The molecule has 1 aromatic heterocycles. The lowest BCUT2D eigenvalue weighted by atomic mass is 10.2. The molecule has 1 heterocycles. The third-order valence-electron chi connectivity index (χ3n) is 2.76. The topological polar surface area (TPSA) is 57.4 Å². The molecule has 5 nitrogen and oxygen atoms in total. The van der Waals surface area contributed by atoms with Gasteiger partial charge in [0.1, 0.15) is 0 Å². The van der Waals surface area contributed by atoms with Crippen molar-refractivity contribution in [2.24, 2.45) is 0 Å². The van der Waals surface area contributed by atoms with Gasteiger partial charge in [-0.25, -0.2) is 0 Å². The maximum Gasteiger partial charge on any atom is 0.276 e. The van der Waals surface area contributed by atoms with Crippen LogP contribution in [-0.2, 0) is 0 Å². The lowest BCUT2D eigenvalue weighted by Crippen LogP contribution is -1.90. The Morgan fingerprint density at radius 3 is 2.65 bits per heavy atom. The van der Waals surface area contributed by atoms with E-state index in [1.165, 1.54) is 0 Å². The Balaban J connectivity index is 2.15. The second-order valence-electron chi connectivity index (χ2n) is 4.14.